The quantitative estimate of drug-likeness (QED) is 0.361. The van der Waals surface area contributed by atoms with E-state index >= 15 is 0 Å². The highest BCUT2D eigenvalue weighted by atomic mass is 14.7. The second kappa shape index (κ2) is 7.44. The molecular weight excluding hydrogens is 312 g/mol. The van der Waals surface area contributed by atoms with Crippen molar-refractivity contribution >= 4 is 0 Å². The number of hydrogen-bond acceptors (Lipinski definition) is 0. The molecule has 0 nitrogen and oxygen atoms in total. The predicted molar refractivity (Wildman–Crippen MR) is 113 cm³/mol. The molecule has 0 aromatic heterocycles. The molecule has 0 N–H and O–H groups in total. The van der Waals surface area contributed by atoms with Gasteiger partial charge in [0, 0.05) is 0 Å². The van der Waals surface area contributed by atoms with E-state index in [1.165, 1.54) is 38.5 Å². The van der Waals surface area contributed by atoms with Gasteiger partial charge in [0.25, 0.3) is 0 Å². The second-order valence-corrected chi connectivity index (χ2v) is 11.5. The molecule has 0 radical (unpaired) electrons. The van der Waals surface area contributed by atoms with Crippen LogP contribution < -0.4 is 0 Å². The fourth-order valence-electron chi connectivity index (χ4n) is 8.37. The summed E-state index contributed by atoms with van der Waals surface area (Å²) >= 11 is 0. The normalized spacial score (nSPS) is 44.5. The van der Waals surface area contributed by atoms with Crippen molar-refractivity contribution in [2.75, 3.05) is 0 Å². The summed E-state index contributed by atoms with van der Waals surface area (Å²) in [6.45, 7) is 4.72. The Morgan fingerprint density at radius 1 is 0.423 bits per heavy atom. The minimum Gasteiger partial charge on any atom is -0.0654 e. The van der Waals surface area contributed by atoms with Gasteiger partial charge in [-0.15, -0.1) is 0 Å². The molecule has 6 fully saturated rings. The van der Waals surface area contributed by atoms with Crippen LogP contribution in [0.3, 0.4) is 0 Å². The highest BCUT2D eigenvalue weighted by Gasteiger charge is 2.61. The van der Waals surface area contributed by atoms with Crippen molar-refractivity contribution in [1.29, 1.82) is 0 Å². The fourth-order valence-corrected chi connectivity index (χ4v) is 8.37. The van der Waals surface area contributed by atoms with Crippen LogP contribution in [-0.2, 0) is 0 Å². The van der Waals surface area contributed by atoms with Crippen molar-refractivity contribution in [3.63, 3.8) is 0 Å². The minimum atomic E-state index is 0.787. The van der Waals surface area contributed by atoms with Gasteiger partial charge in [0.05, 0.1) is 0 Å². The summed E-state index contributed by atoms with van der Waals surface area (Å²) in [7, 11) is 0. The third-order valence-corrected chi connectivity index (χ3v) is 10.5. The Morgan fingerprint density at radius 3 is 1.00 bits per heavy atom. The fraction of sp³-hybridized carbons (Fsp3) is 1.00. The molecule has 0 aromatic rings. The lowest BCUT2D eigenvalue weighted by Crippen LogP contribution is -2.56. The van der Waals surface area contributed by atoms with Crippen molar-refractivity contribution in [3.05, 3.63) is 0 Å². The Labute approximate surface area is 164 Å². The van der Waals surface area contributed by atoms with Crippen molar-refractivity contribution in [2.45, 2.75) is 142 Å². The first-order chi connectivity index (χ1) is 12.6. The molecule has 0 atom stereocenters. The summed E-state index contributed by atoms with van der Waals surface area (Å²) in [5.41, 5.74) is 3.16. The van der Waals surface area contributed by atoms with Gasteiger partial charge in [-0.25, -0.2) is 0 Å². The van der Waals surface area contributed by atoms with E-state index in [0.717, 1.165) is 21.7 Å². The average molecular weight is 359 g/mol. The van der Waals surface area contributed by atoms with Crippen LogP contribution in [0, 0.1) is 21.7 Å². The summed E-state index contributed by atoms with van der Waals surface area (Å²) in [5.74, 6) is 0. The lowest BCUT2D eigenvalue weighted by molar-refractivity contribution is -0.162. The zero-order valence-corrected chi connectivity index (χ0v) is 18.1. The highest BCUT2D eigenvalue weighted by molar-refractivity contribution is 5.12. The Morgan fingerprint density at radius 2 is 0.731 bits per heavy atom. The number of rotatable bonds is 9. The molecule has 150 valence electrons. The van der Waals surface area contributed by atoms with E-state index in [0.29, 0.717) is 0 Å². The molecule has 0 spiro atoms. The predicted octanol–water partition coefficient (Wildman–Crippen LogP) is 8.83. The van der Waals surface area contributed by atoms with Crippen LogP contribution in [0.4, 0.5) is 0 Å². The van der Waals surface area contributed by atoms with Gasteiger partial charge in [-0.1, -0.05) is 52.4 Å². The van der Waals surface area contributed by atoms with Crippen LogP contribution in [0.1, 0.15) is 142 Å². The SMILES string of the molecule is CCCCCC12CCC(C34CCC(CCCCC)(CC3)CC4)(CC1)CC2. The molecule has 6 saturated carbocycles. The van der Waals surface area contributed by atoms with E-state index in [-0.39, 0.29) is 0 Å². The zero-order valence-electron chi connectivity index (χ0n) is 18.1. The monoisotopic (exact) mass is 358 g/mol. The first-order valence-corrected chi connectivity index (χ1v) is 12.6. The third kappa shape index (κ3) is 3.20. The first-order valence-electron chi connectivity index (χ1n) is 12.6. The molecule has 6 rings (SSSR count). The van der Waals surface area contributed by atoms with E-state index < -0.39 is 0 Å². The standard InChI is InChI=1S/C26H46/c1-3-5-7-9-23-11-17-25(18-12-23,19-13-23)26-20-14-24(15-21-26,16-22-26)10-8-6-4-2/h3-22H2,1-2H3. The minimum absolute atomic E-state index is 0.787. The van der Waals surface area contributed by atoms with Gasteiger partial charge in [-0.05, 0) is 112 Å². The smallest absolute Gasteiger partial charge is 0.0240 e. The van der Waals surface area contributed by atoms with Gasteiger partial charge in [0.1, 0.15) is 0 Å². The summed E-state index contributed by atoms with van der Waals surface area (Å²) < 4.78 is 0. The summed E-state index contributed by atoms with van der Waals surface area (Å²) in [6.07, 6.45) is 31.1. The van der Waals surface area contributed by atoms with Crippen molar-refractivity contribution in [3.8, 4) is 0 Å². The maximum atomic E-state index is 2.36. The molecule has 0 aliphatic heterocycles. The summed E-state index contributed by atoms with van der Waals surface area (Å²) in [4.78, 5) is 0. The average Bonchev–Trinajstić information content (AvgIpc) is 2.71. The largest absolute Gasteiger partial charge is 0.0654 e. The van der Waals surface area contributed by atoms with Crippen molar-refractivity contribution in [1.82, 2.24) is 0 Å². The lowest BCUT2D eigenvalue weighted by Gasteiger charge is -2.67. The molecule has 0 heteroatoms. The molecule has 0 aromatic carbocycles. The summed E-state index contributed by atoms with van der Waals surface area (Å²) in [6, 6.07) is 0. The molecular formula is C26H46. The van der Waals surface area contributed by atoms with Crippen LogP contribution in [0.2, 0.25) is 0 Å². The second-order valence-electron chi connectivity index (χ2n) is 11.5. The van der Waals surface area contributed by atoms with Crippen molar-refractivity contribution < 1.29 is 0 Å². The molecule has 4 bridgehead atoms. The van der Waals surface area contributed by atoms with Gasteiger partial charge < -0.3 is 0 Å². The van der Waals surface area contributed by atoms with Gasteiger partial charge >= 0.3 is 0 Å². The third-order valence-electron chi connectivity index (χ3n) is 10.5. The van der Waals surface area contributed by atoms with Crippen LogP contribution in [-0.4, -0.2) is 0 Å². The van der Waals surface area contributed by atoms with E-state index in [2.05, 4.69) is 13.8 Å². The highest BCUT2D eigenvalue weighted by Crippen LogP contribution is 2.73. The van der Waals surface area contributed by atoms with Gasteiger partial charge in [-0.3, -0.25) is 0 Å². The van der Waals surface area contributed by atoms with Crippen LogP contribution in [0.25, 0.3) is 0 Å². The van der Waals surface area contributed by atoms with Crippen LogP contribution >= 0.6 is 0 Å². The van der Waals surface area contributed by atoms with Gasteiger partial charge in [-0.2, -0.15) is 0 Å². The molecule has 0 heterocycles. The van der Waals surface area contributed by atoms with E-state index in [4.69, 9.17) is 0 Å². The van der Waals surface area contributed by atoms with Gasteiger partial charge in [0.2, 0.25) is 0 Å². The van der Waals surface area contributed by atoms with Crippen molar-refractivity contribution in [2.24, 2.45) is 21.7 Å². The molecule has 6 aliphatic carbocycles. The topological polar surface area (TPSA) is 0 Å². The maximum Gasteiger partial charge on any atom is -0.0240 e. The molecule has 0 amide bonds. The summed E-state index contributed by atoms with van der Waals surface area (Å²) in [5, 5.41) is 0. The molecule has 26 heavy (non-hydrogen) atoms. The van der Waals surface area contributed by atoms with E-state index in [1.807, 2.05) is 0 Å². The molecule has 6 aliphatic rings. The first kappa shape index (κ1) is 19.3. The Kier molecular flexibility index (Phi) is 5.53. The lowest BCUT2D eigenvalue weighted by atomic mass is 9.38. The van der Waals surface area contributed by atoms with E-state index in [9.17, 15) is 0 Å². The Hall–Kier alpha value is 0. The molecule has 0 unspecified atom stereocenters. The number of fused-ring (bicyclic) bond motifs is 6. The zero-order chi connectivity index (χ0) is 18.1. The van der Waals surface area contributed by atoms with Crippen LogP contribution in [0.15, 0.2) is 0 Å². The van der Waals surface area contributed by atoms with Crippen LogP contribution in [0.5, 0.6) is 0 Å². The number of hydrogen-bond donors (Lipinski definition) is 0. The maximum absolute atomic E-state index is 2.36. The van der Waals surface area contributed by atoms with E-state index in [1.54, 1.807) is 89.9 Å². The molecule has 0 saturated heterocycles. The number of unbranched alkanes of at least 4 members (excludes halogenated alkanes) is 4. The van der Waals surface area contributed by atoms with Gasteiger partial charge in [0.15, 0.2) is 0 Å². The Balaban J connectivity index is 1.37. The Bertz CT molecular complexity index is 379.